The van der Waals surface area contributed by atoms with E-state index in [9.17, 15) is 24.8 Å². The molecule has 0 bridgehead atoms. The predicted molar refractivity (Wildman–Crippen MR) is 118 cm³/mol. The Hall–Kier alpha value is -3.72. The molecule has 1 aliphatic rings. The molecule has 2 aromatic rings. The Morgan fingerprint density at radius 3 is 2.53 bits per heavy atom. The molecular formula is C23H25N3O6. The molecule has 1 fully saturated rings. The zero-order chi connectivity index (χ0) is 23.6. The van der Waals surface area contributed by atoms with Crippen LogP contribution in [0.5, 0.6) is 5.75 Å². The highest BCUT2D eigenvalue weighted by atomic mass is 16.6. The summed E-state index contributed by atoms with van der Waals surface area (Å²) in [6.07, 6.45) is 0. The van der Waals surface area contributed by atoms with E-state index in [4.69, 9.17) is 4.74 Å². The third kappa shape index (κ3) is 4.33. The summed E-state index contributed by atoms with van der Waals surface area (Å²) in [6.45, 7) is 2.44. The summed E-state index contributed by atoms with van der Waals surface area (Å²) in [6, 6.07) is 9.79. The zero-order valence-corrected chi connectivity index (χ0v) is 18.4. The number of rotatable bonds is 7. The lowest BCUT2D eigenvalue weighted by Crippen LogP contribution is -2.35. The minimum Gasteiger partial charge on any atom is -0.507 e. The fraction of sp³-hybridized carbons (Fsp3) is 0.304. The summed E-state index contributed by atoms with van der Waals surface area (Å²) in [5.74, 6) is -1.32. The molecule has 0 aromatic heterocycles. The van der Waals surface area contributed by atoms with E-state index in [-0.39, 0.29) is 23.6 Å². The standard InChI is InChI=1S/C23H25N3O6/c1-14-12-17(32-4)8-9-18(14)21(27)19-20(15-6-5-7-16(13-15)26(30)31)25(11-10-24(2)3)23(29)22(19)28/h5-9,12-13,20,27H,10-11H2,1-4H3/t20-/m0/s1. The first-order chi connectivity index (χ1) is 15.1. The van der Waals surface area contributed by atoms with Crippen molar-refractivity contribution in [1.82, 2.24) is 9.80 Å². The predicted octanol–water partition coefficient (Wildman–Crippen LogP) is 2.90. The Kier molecular flexibility index (Phi) is 6.59. The summed E-state index contributed by atoms with van der Waals surface area (Å²) < 4.78 is 5.20. The van der Waals surface area contributed by atoms with Crippen molar-refractivity contribution in [3.63, 3.8) is 0 Å². The Morgan fingerprint density at radius 2 is 1.94 bits per heavy atom. The molecular weight excluding hydrogens is 414 g/mol. The summed E-state index contributed by atoms with van der Waals surface area (Å²) in [7, 11) is 5.19. The topological polar surface area (TPSA) is 113 Å². The van der Waals surface area contributed by atoms with Crippen molar-refractivity contribution >= 4 is 23.1 Å². The van der Waals surface area contributed by atoms with Crippen LogP contribution in [-0.2, 0) is 9.59 Å². The minimum absolute atomic E-state index is 0.0949. The highest BCUT2D eigenvalue weighted by molar-refractivity contribution is 6.46. The first-order valence-corrected chi connectivity index (χ1v) is 9.98. The molecule has 1 amide bonds. The molecule has 1 saturated heterocycles. The van der Waals surface area contributed by atoms with E-state index >= 15 is 0 Å². The maximum atomic E-state index is 13.0. The van der Waals surface area contributed by atoms with Gasteiger partial charge in [0.05, 0.1) is 23.6 Å². The molecule has 0 unspecified atom stereocenters. The van der Waals surface area contributed by atoms with Crippen LogP contribution in [0.1, 0.15) is 22.7 Å². The molecule has 1 atom stereocenters. The number of benzene rings is 2. The van der Waals surface area contributed by atoms with Gasteiger partial charge < -0.3 is 19.6 Å². The molecule has 1 heterocycles. The molecule has 32 heavy (non-hydrogen) atoms. The molecule has 0 aliphatic carbocycles. The van der Waals surface area contributed by atoms with Gasteiger partial charge in [0.15, 0.2) is 0 Å². The second-order valence-electron chi connectivity index (χ2n) is 7.83. The number of ketones is 1. The highest BCUT2D eigenvalue weighted by Gasteiger charge is 2.46. The lowest BCUT2D eigenvalue weighted by molar-refractivity contribution is -0.384. The fourth-order valence-electron chi connectivity index (χ4n) is 3.75. The second-order valence-corrected chi connectivity index (χ2v) is 7.83. The first-order valence-electron chi connectivity index (χ1n) is 9.98. The maximum Gasteiger partial charge on any atom is 0.295 e. The van der Waals surface area contributed by atoms with Crippen molar-refractivity contribution in [3.05, 3.63) is 74.8 Å². The van der Waals surface area contributed by atoms with E-state index < -0.39 is 22.7 Å². The van der Waals surface area contributed by atoms with Crippen LogP contribution in [0, 0.1) is 17.0 Å². The number of carbonyl (C=O) groups excluding carboxylic acids is 2. The van der Waals surface area contributed by atoms with Crippen LogP contribution in [0.25, 0.3) is 5.76 Å². The maximum absolute atomic E-state index is 13.0. The molecule has 0 saturated carbocycles. The monoisotopic (exact) mass is 439 g/mol. The summed E-state index contributed by atoms with van der Waals surface area (Å²) in [5.41, 5.74) is 1.15. The third-order valence-corrected chi connectivity index (χ3v) is 5.41. The number of Topliss-reactive ketones (excluding diaryl/α,β-unsaturated/α-hetero) is 1. The molecule has 168 valence electrons. The van der Waals surface area contributed by atoms with Crippen LogP contribution in [0.15, 0.2) is 48.0 Å². The van der Waals surface area contributed by atoms with Gasteiger partial charge in [0.25, 0.3) is 17.4 Å². The number of non-ortho nitro benzene ring substituents is 1. The van der Waals surface area contributed by atoms with Crippen molar-refractivity contribution in [1.29, 1.82) is 0 Å². The van der Waals surface area contributed by atoms with Crippen LogP contribution < -0.4 is 4.74 Å². The number of aliphatic hydroxyl groups excluding tert-OH is 1. The average molecular weight is 439 g/mol. The van der Waals surface area contributed by atoms with Crippen molar-refractivity contribution in [2.24, 2.45) is 0 Å². The molecule has 1 aliphatic heterocycles. The number of hydrogen-bond donors (Lipinski definition) is 1. The molecule has 3 rings (SSSR count). The number of nitrogens with zero attached hydrogens (tertiary/aromatic N) is 3. The number of methoxy groups -OCH3 is 1. The fourth-order valence-corrected chi connectivity index (χ4v) is 3.75. The lowest BCUT2D eigenvalue weighted by Gasteiger charge is -2.26. The van der Waals surface area contributed by atoms with E-state index in [0.717, 1.165) is 0 Å². The van der Waals surface area contributed by atoms with Crippen molar-refractivity contribution in [2.75, 3.05) is 34.3 Å². The second kappa shape index (κ2) is 9.19. The van der Waals surface area contributed by atoms with E-state index in [2.05, 4.69) is 0 Å². The van der Waals surface area contributed by atoms with Gasteiger partial charge in [0.2, 0.25) is 0 Å². The van der Waals surface area contributed by atoms with Gasteiger partial charge in [0.1, 0.15) is 11.5 Å². The van der Waals surface area contributed by atoms with Gasteiger partial charge in [-0.05, 0) is 50.3 Å². The van der Waals surface area contributed by atoms with Crippen LogP contribution >= 0.6 is 0 Å². The number of aliphatic hydroxyl groups is 1. The highest BCUT2D eigenvalue weighted by Crippen LogP contribution is 2.40. The van der Waals surface area contributed by atoms with Crippen LogP contribution in [-0.4, -0.2) is 65.8 Å². The average Bonchev–Trinajstić information content (AvgIpc) is 3.01. The van der Waals surface area contributed by atoms with Crippen LogP contribution in [0.4, 0.5) is 5.69 Å². The normalized spacial score (nSPS) is 17.8. The van der Waals surface area contributed by atoms with Crippen molar-refractivity contribution in [2.45, 2.75) is 13.0 Å². The van der Waals surface area contributed by atoms with E-state index in [1.165, 1.54) is 30.2 Å². The van der Waals surface area contributed by atoms with Crippen molar-refractivity contribution < 1.29 is 24.4 Å². The quantitative estimate of drug-likeness (QED) is 0.232. The summed E-state index contributed by atoms with van der Waals surface area (Å²) in [4.78, 5) is 39.9. The number of nitro benzene ring substituents is 1. The molecule has 9 heteroatoms. The molecule has 0 radical (unpaired) electrons. The first kappa shape index (κ1) is 23.0. The van der Waals surface area contributed by atoms with Crippen LogP contribution in [0.3, 0.4) is 0 Å². The van der Waals surface area contributed by atoms with Gasteiger partial charge in [0, 0.05) is 30.8 Å². The number of hydrogen-bond acceptors (Lipinski definition) is 7. The Morgan fingerprint density at radius 1 is 1.22 bits per heavy atom. The van der Waals surface area contributed by atoms with Crippen LogP contribution in [0.2, 0.25) is 0 Å². The minimum atomic E-state index is -0.948. The van der Waals surface area contributed by atoms with E-state index in [0.29, 0.717) is 29.0 Å². The largest absolute Gasteiger partial charge is 0.507 e. The smallest absolute Gasteiger partial charge is 0.295 e. The molecule has 2 aromatic carbocycles. The van der Waals surface area contributed by atoms with E-state index in [1.54, 1.807) is 31.2 Å². The summed E-state index contributed by atoms with van der Waals surface area (Å²) >= 11 is 0. The Bertz CT molecular complexity index is 1110. The Balaban J connectivity index is 2.20. The van der Waals surface area contributed by atoms with Gasteiger partial charge in [-0.15, -0.1) is 0 Å². The van der Waals surface area contributed by atoms with Gasteiger partial charge in [-0.25, -0.2) is 0 Å². The molecule has 0 spiro atoms. The summed E-state index contributed by atoms with van der Waals surface area (Å²) in [5, 5.41) is 22.5. The third-order valence-electron chi connectivity index (χ3n) is 5.41. The Labute approximate surface area is 185 Å². The van der Waals surface area contributed by atoms with Crippen molar-refractivity contribution in [3.8, 4) is 5.75 Å². The lowest BCUT2D eigenvalue weighted by atomic mass is 9.93. The zero-order valence-electron chi connectivity index (χ0n) is 18.4. The number of carbonyl (C=O) groups is 2. The number of likely N-dealkylation sites (N-methyl/N-ethyl adjacent to an activating group) is 1. The number of ether oxygens (including phenoxy) is 1. The number of likely N-dealkylation sites (tertiary alicyclic amines) is 1. The van der Waals surface area contributed by atoms with Gasteiger partial charge in [-0.2, -0.15) is 0 Å². The SMILES string of the molecule is COc1ccc(C(O)=C2C(=O)C(=O)N(CCN(C)C)[C@H]2c2cccc([N+](=O)[O-])c2)c(C)c1. The van der Waals surface area contributed by atoms with Gasteiger partial charge in [-0.3, -0.25) is 19.7 Å². The number of nitro groups is 1. The number of amides is 1. The number of aryl methyl sites for hydroxylation is 1. The van der Waals surface area contributed by atoms with Gasteiger partial charge in [-0.1, -0.05) is 12.1 Å². The van der Waals surface area contributed by atoms with Gasteiger partial charge >= 0.3 is 0 Å². The van der Waals surface area contributed by atoms with E-state index in [1.807, 2.05) is 19.0 Å². The molecule has 9 nitrogen and oxygen atoms in total. The molecule has 1 N–H and O–H groups in total.